The summed E-state index contributed by atoms with van der Waals surface area (Å²) < 4.78 is 14.8. The Morgan fingerprint density at radius 3 is 2.86 bits per heavy atom. The summed E-state index contributed by atoms with van der Waals surface area (Å²) in [6, 6.07) is 4.72. The molecule has 8 nitrogen and oxygen atoms in total. The molecule has 0 aliphatic heterocycles. The second-order valence-electron chi connectivity index (χ2n) is 4.72. The number of rotatable bonds is 4. The van der Waals surface area contributed by atoms with Gasteiger partial charge in [0.15, 0.2) is 11.3 Å². The lowest BCUT2D eigenvalue weighted by Gasteiger charge is -2.13. The normalized spacial score (nSPS) is 10.8. The van der Waals surface area contributed by atoms with Crippen molar-refractivity contribution in [3.63, 3.8) is 0 Å². The van der Waals surface area contributed by atoms with Crippen LogP contribution in [0, 0.1) is 0 Å². The van der Waals surface area contributed by atoms with E-state index in [-0.39, 0.29) is 17.4 Å². The van der Waals surface area contributed by atoms with Crippen molar-refractivity contribution in [2.45, 2.75) is 6.54 Å². The van der Waals surface area contributed by atoms with Gasteiger partial charge in [-0.25, -0.2) is 4.79 Å². The van der Waals surface area contributed by atoms with Crippen LogP contribution in [0.25, 0.3) is 11.1 Å². The predicted molar refractivity (Wildman–Crippen MR) is 74.2 cm³/mol. The Morgan fingerprint density at radius 1 is 1.41 bits per heavy atom. The number of carbonyl (C=O) groups excluding carboxylic acids is 2. The number of nitrogens with one attached hydrogen (secondary N) is 1. The van der Waals surface area contributed by atoms with Crippen molar-refractivity contribution in [1.82, 2.24) is 15.0 Å². The molecular weight excluding hydrogens is 290 g/mol. The van der Waals surface area contributed by atoms with Crippen molar-refractivity contribution >= 4 is 23.0 Å². The minimum atomic E-state index is -0.498. The molecule has 0 atom stereocenters. The van der Waals surface area contributed by atoms with E-state index in [2.05, 4.69) is 14.9 Å². The molecule has 0 bridgehead atoms. The maximum absolute atomic E-state index is 12.3. The Hall–Kier alpha value is -3.03. The van der Waals surface area contributed by atoms with Crippen LogP contribution in [-0.2, 0) is 11.3 Å². The highest BCUT2D eigenvalue weighted by Crippen LogP contribution is 2.21. The van der Waals surface area contributed by atoms with Crippen molar-refractivity contribution in [3.8, 4) is 0 Å². The summed E-state index contributed by atoms with van der Waals surface area (Å²) in [6.07, 6.45) is 1.44. The van der Waals surface area contributed by atoms with Crippen LogP contribution in [0.15, 0.2) is 33.4 Å². The number of ether oxygens (including phenoxy) is 1. The van der Waals surface area contributed by atoms with E-state index in [9.17, 15) is 9.59 Å². The first kappa shape index (κ1) is 13.9. The molecule has 3 aromatic rings. The van der Waals surface area contributed by atoms with E-state index < -0.39 is 5.97 Å². The molecule has 0 saturated carbocycles. The zero-order chi connectivity index (χ0) is 15.7. The summed E-state index contributed by atoms with van der Waals surface area (Å²) in [5.74, 6) is -0.627. The minimum absolute atomic E-state index is 0.170. The maximum Gasteiger partial charge on any atom is 0.354 e. The van der Waals surface area contributed by atoms with Crippen molar-refractivity contribution in [1.29, 1.82) is 0 Å². The first-order chi connectivity index (χ1) is 10.6. The van der Waals surface area contributed by atoms with E-state index >= 15 is 0 Å². The molecule has 0 radical (unpaired) electrons. The molecule has 114 valence electrons. The van der Waals surface area contributed by atoms with Gasteiger partial charge in [0.1, 0.15) is 17.7 Å². The molecule has 0 fully saturated rings. The Balaban J connectivity index is 1.79. The lowest BCUT2D eigenvalue weighted by atomic mass is 10.3. The standard InChI is InChI=1S/C14H13N3O5/c1-17(7-8-3-4-21-16-8)13(18)12-5-9-11(22-12)6-10(15-9)14(19)20-2/h3-6,15H,7H2,1-2H3. The van der Waals surface area contributed by atoms with Gasteiger partial charge >= 0.3 is 5.97 Å². The van der Waals surface area contributed by atoms with Crippen LogP contribution in [0.4, 0.5) is 0 Å². The van der Waals surface area contributed by atoms with Gasteiger partial charge in [0.2, 0.25) is 0 Å². The lowest BCUT2D eigenvalue weighted by Crippen LogP contribution is -2.25. The third kappa shape index (κ3) is 2.46. The third-order valence-electron chi connectivity index (χ3n) is 3.16. The van der Waals surface area contributed by atoms with E-state index in [0.717, 1.165) is 0 Å². The van der Waals surface area contributed by atoms with Gasteiger partial charge in [-0.05, 0) is 0 Å². The molecule has 1 amide bonds. The van der Waals surface area contributed by atoms with Gasteiger partial charge in [0, 0.05) is 25.2 Å². The van der Waals surface area contributed by atoms with E-state index in [0.29, 0.717) is 23.3 Å². The highest BCUT2D eigenvalue weighted by Gasteiger charge is 2.20. The van der Waals surface area contributed by atoms with Gasteiger partial charge < -0.3 is 23.6 Å². The quantitative estimate of drug-likeness (QED) is 0.737. The Morgan fingerprint density at radius 2 is 2.23 bits per heavy atom. The second-order valence-corrected chi connectivity index (χ2v) is 4.72. The van der Waals surface area contributed by atoms with Crippen LogP contribution in [-0.4, -0.2) is 41.1 Å². The fourth-order valence-corrected chi connectivity index (χ4v) is 2.07. The highest BCUT2D eigenvalue weighted by atomic mass is 16.5. The number of hydrogen-bond donors (Lipinski definition) is 1. The number of esters is 1. The first-order valence-corrected chi connectivity index (χ1v) is 6.44. The summed E-state index contributed by atoms with van der Waals surface area (Å²) in [6.45, 7) is 0.303. The topological polar surface area (TPSA) is 102 Å². The number of amides is 1. The molecule has 3 aromatic heterocycles. The molecule has 0 saturated heterocycles. The summed E-state index contributed by atoms with van der Waals surface area (Å²) in [7, 11) is 2.92. The Bertz CT molecular complexity index is 783. The van der Waals surface area contributed by atoms with Crippen molar-refractivity contribution in [2.75, 3.05) is 14.2 Å². The number of H-pyrrole nitrogens is 1. The number of aromatic amines is 1. The first-order valence-electron chi connectivity index (χ1n) is 6.44. The highest BCUT2D eigenvalue weighted by molar-refractivity contribution is 5.98. The van der Waals surface area contributed by atoms with Crippen LogP contribution < -0.4 is 0 Å². The summed E-state index contributed by atoms with van der Waals surface area (Å²) in [5.41, 5.74) is 1.88. The third-order valence-corrected chi connectivity index (χ3v) is 3.16. The van der Waals surface area contributed by atoms with Crippen molar-refractivity contribution in [2.24, 2.45) is 0 Å². The zero-order valence-electron chi connectivity index (χ0n) is 12.0. The summed E-state index contributed by atoms with van der Waals surface area (Å²) >= 11 is 0. The van der Waals surface area contributed by atoms with Gasteiger partial charge in [-0.15, -0.1) is 0 Å². The molecule has 0 spiro atoms. The fraction of sp³-hybridized carbons (Fsp3) is 0.214. The number of hydrogen-bond acceptors (Lipinski definition) is 6. The van der Waals surface area contributed by atoms with Crippen molar-refractivity contribution < 1.29 is 23.3 Å². The van der Waals surface area contributed by atoms with Crippen LogP contribution in [0.2, 0.25) is 0 Å². The van der Waals surface area contributed by atoms with Crippen LogP contribution >= 0.6 is 0 Å². The van der Waals surface area contributed by atoms with Gasteiger partial charge in [0.25, 0.3) is 5.91 Å². The van der Waals surface area contributed by atoms with Crippen LogP contribution in [0.3, 0.4) is 0 Å². The second kappa shape index (κ2) is 5.40. The average Bonchev–Trinajstić information content (AvgIpc) is 3.20. The van der Waals surface area contributed by atoms with E-state index in [1.165, 1.54) is 24.3 Å². The molecule has 3 heterocycles. The van der Waals surface area contributed by atoms with Crippen molar-refractivity contribution in [3.05, 3.63) is 41.6 Å². The maximum atomic E-state index is 12.3. The summed E-state index contributed by atoms with van der Waals surface area (Å²) in [5, 5.41) is 3.75. The number of fused-ring (bicyclic) bond motifs is 1. The molecule has 0 unspecified atom stereocenters. The molecule has 0 aliphatic carbocycles. The zero-order valence-corrected chi connectivity index (χ0v) is 12.0. The Labute approximate surface area is 124 Å². The van der Waals surface area contributed by atoms with Crippen LogP contribution in [0.1, 0.15) is 26.7 Å². The number of nitrogens with zero attached hydrogens (tertiary/aromatic N) is 2. The van der Waals surface area contributed by atoms with Gasteiger partial charge in [-0.1, -0.05) is 5.16 Å². The Kier molecular flexibility index (Phi) is 3.42. The molecule has 0 aliphatic rings. The predicted octanol–water partition coefficient (Wildman–Crippen LogP) is 1.81. The van der Waals surface area contributed by atoms with Crippen LogP contribution in [0.5, 0.6) is 0 Å². The fourth-order valence-electron chi connectivity index (χ4n) is 2.07. The molecule has 8 heteroatoms. The van der Waals surface area contributed by atoms with Gasteiger partial charge in [-0.2, -0.15) is 0 Å². The monoisotopic (exact) mass is 303 g/mol. The van der Waals surface area contributed by atoms with E-state index in [1.807, 2.05) is 0 Å². The molecule has 0 aromatic carbocycles. The minimum Gasteiger partial charge on any atom is -0.464 e. The molecule has 1 N–H and O–H groups in total. The van der Waals surface area contributed by atoms with E-state index in [1.54, 1.807) is 19.2 Å². The number of aromatic nitrogens is 2. The summed E-state index contributed by atoms with van der Waals surface area (Å²) in [4.78, 5) is 28.0. The lowest BCUT2D eigenvalue weighted by molar-refractivity contribution is 0.0595. The molecule has 3 rings (SSSR count). The average molecular weight is 303 g/mol. The largest absolute Gasteiger partial charge is 0.464 e. The molecule has 22 heavy (non-hydrogen) atoms. The number of carbonyl (C=O) groups is 2. The van der Waals surface area contributed by atoms with Gasteiger partial charge in [0.05, 0.1) is 19.2 Å². The smallest absolute Gasteiger partial charge is 0.354 e. The number of methoxy groups -OCH3 is 1. The van der Waals surface area contributed by atoms with Gasteiger partial charge in [-0.3, -0.25) is 4.79 Å². The molecular formula is C14H13N3O5. The number of furan rings is 1. The van der Waals surface area contributed by atoms with E-state index in [4.69, 9.17) is 8.94 Å². The SMILES string of the molecule is COC(=O)c1cc2oc(C(=O)N(C)Cc3ccon3)cc2[nH]1.